The van der Waals surface area contributed by atoms with Crippen molar-refractivity contribution >= 4 is 17.0 Å². The molecule has 4 aromatic rings. The quantitative estimate of drug-likeness (QED) is 0.420. The molecule has 2 aromatic heterocycles. The lowest BCUT2D eigenvalue weighted by atomic mass is 10.0. The van der Waals surface area contributed by atoms with Crippen molar-refractivity contribution in [1.29, 1.82) is 0 Å². The van der Waals surface area contributed by atoms with Gasteiger partial charge in [0.2, 0.25) is 5.95 Å². The van der Waals surface area contributed by atoms with Gasteiger partial charge in [0.05, 0.1) is 10.9 Å². The first kappa shape index (κ1) is 23.0. The second-order valence-corrected chi connectivity index (χ2v) is 8.19. The van der Waals surface area contributed by atoms with Gasteiger partial charge in [-0.2, -0.15) is 23.3 Å². The zero-order valence-corrected chi connectivity index (χ0v) is 18.3. The monoisotopic (exact) mass is 490 g/mol. The number of nitrogens with one attached hydrogen (secondary N) is 1. The molecule has 0 aliphatic carbocycles. The van der Waals surface area contributed by atoms with Crippen LogP contribution in [0.3, 0.4) is 0 Å². The Morgan fingerprint density at radius 1 is 1.11 bits per heavy atom. The van der Waals surface area contributed by atoms with Gasteiger partial charge in [-0.1, -0.05) is 30.3 Å². The Labute approximate surface area is 195 Å². The van der Waals surface area contributed by atoms with E-state index in [0.29, 0.717) is 31.6 Å². The number of aryl methyl sites for hydroxylation is 1. The Morgan fingerprint density at radius 3 is 2.57 bits per heavy atom. The van der Waals surface area contributed by atoms with Gasteiger partial charge in [-0.25, -0.2) is 18.4 Å². The molecule has 3 heterocycles. The highest BCUT2D eigenvalue weighted by Gasteiger charge is 2.38. The highest BCUT2D eigenvalue weighted by atomic mass is 19.4. The van der Waals surface area contributed by atoms with Crippen molar-refractivity contribution in [2.45, 2.75) is 12.2 Å². The first-order valence-electron chi connectivity index (χ1n) is 10.7. The van der Waals surface area contributed by atoms with Gasteiger partial charge in [0.1, 0.15) is 5.69 Å². The average Bonchev–Trinajstić information content (AvgIpc) is 3.18. The van der Waals surface area contributed by atoms with Crippen molar-refractivity contribution in [3.05, 3.63) is 65.4 Å². The SMILES string of the molecule is Cn1nc(-c2cc(C(F)(F)F)c(F)c(O)c2F)c2cnc(N3CCN[C@@H](c4ccccc4)C3)nc21. The third kappa shape index (κ3) is 4.03. The van der Waals surface area contributed by atoms with Gasteiger partial charge in [-0.15, -0.1) is 0 Å². The topological polar surface area (TPSA) is 79.1 Å². The molecule has 1 aliphatic rings. The Balaban J connectivity index is 1.54. The van der Waals surface area contributed by atoms with Crippen molar-refractivity contribution < 1.29 is 27.1 Å². The summed E-state index contributed by atoms with van der Waals surface area (Å²) in [6.07, 6.45) is -3.80. The van der Waals surface area contributed by atoms with E-state index >= 15 is 0 Å². The van der Waals surface area contributed by atoms with E-state index in [1.54, 1.807) is 0 Å². The molecule has 2 N–H and O–H groups in total. The van der Waals surface area contributed by atoms with E-state index in [4.69, 9.17) is 0 Å². The first-order valence-corrected chi connectivity index (χ1v) is 10.7. The third-order valence-corrected chi connectivity index (χ3v) is 5.97. The molecule has 12 heteroatoms. The van der Waals surface area contributed by atoms with Gasteiger partial charge >= 0.3 is 6.18 Å². The van der Waals surface area contributed by atoms with E-state index in [-0.39, 0.29) is 22.8 Å². The summed E-state index contributed by atoms with van der Waals surface area (Å²) in [7, 11) is 1.50. The fourth-order valence-corrected chi connectivity index (χ4v) is 4.22. The number of aromatic hydroxyl groups is 1. The molecular weight excluding hydrogens is 471 g/mol. The van der Waals surface area contributed by atoms with Crippen LogP contribution in [0.15, 0.2) is 42.6 Å². The molecule has 0 unspecified atom stereocenters. The molecule has 0 amide bonds. The molecule has 2 aromatic carbocycles. The molecule has 35 heavy (non-hydrogen) atoms. The summed E-state index contributed by atoms with van der Waals surface area (Å²) in [5.41, 5.74) is -1.39. The number of halogens is 5. The minimum absolute atomic E-state index is 0.0448. The lowest BCUT2D eigenvalue weighted by molar-refractivity contribution is -0.140. The van der Waals surface area contributed by atoms with Crippen LogP contribution in [0.5, 0.6) is 5.75 Å². The zero-order chi connectivity index (χ0) is 24.9. The summed E-state index contributed by atoms with van der Waals surface area (Å²) in [5.74, 6) is -4.97. The number of phenolic OH excluding ortho intramolecular Hbond substituents is 1. The number of anilines is 1. The minimum atomic E-state index is -5.14. The smallest absolute Gasteiger partial charge is 0.419 e. The number of aromatic nitrogens is 4. The largest absolute Gasteiger partial charge is 0.503 e. The third-order valence-electron chi connectivity index (χ3n) is 5.97. The van der Waals surface area contributed by atoms with Gasteiger partial charge in [0.15, 0.2) is 23.0 Å². The van der Waals surface area contributed by atoms with E-state index in [1.807, 2.05) is 35.2 Å². The van der Waals surface area contributed by atoms with Crippen molar-refractivity contribution in [2.75, 3.05) is 24.5 Å². The van der Waals surface area contributed by atoms with E-state index in [0.717, 1.165) is 5.56 Å². The average molecular weight is 490 g/mol. The summed E-state index contributed by atoms with van der Waals surface area (Å²) in [6, 6.07) is 10.2. The summed E-state index contributed by atoms with van der Waals surface area (Å²) < 4.78 is 69.6. The number of fused-ring (bicyclic) bond motifs is 1. The maximum atomic E-state index is 14.7. The Bertz CT molecular complexity index is 1410. The summed E-state index contributed by atoms with van der Waals surface area (Å²) in [5, 5.41) is 17.4. The number of phenols is 1. The molecule has 0 spiro atoms. The molecule has 1 aliphatic heterocycles. The number of benzene rings is 2. The van der Waals surface area contributed by atoms with Gasteiger partial charge in [-0.3, -0.25) is 0 Å². The van der Waals surface area contributed by atoms with Crippen molar-refractivity contribution in [2.24, 2.45) is 7.05 Å². The predicted octanol–water partition coefficient (Wildman–Crippen LogP) is 4.18. The van der Waals surface area contributed by atoms with E-state index in [2.05, 4.69) is 20.4 Å². The van der Waals surface area contributed by atoms with Crippen LogP contribution in [0.4, 0.5) is 27.9 Å². The minimum Gasteiger partial charge on any atom is -0.503 e. The van der Waals surface area contributed by atoms with Crippen LogP contribution in [-0.2, 0) is 13.2 Å². The van der Waals surface area contributed by atoms with Crippen molar-refractivity contribution in [3.8, 4) is 17.0 Å². The molecule has 182 valence electrons. The summed E-state index contributed by atoms with van der Waals surface area (Å²) >= 11 is 0. The molecule has 7 nitrogen and oxygen atoms in total. The molecule has 1 atom stereocenters. The van der Waals surface area contributed by atoms with Crippen LogP contribution in [0.1, 0.15) is 17.2 Å². The standard InChI is InChI=1S/C23H19F5N6O/c1-33-21-14(19(32-33)13-9-15(23(26,27)28)18(25)20(35)17(13)24)10-30-22(31-21)34-8-7-29-16(11-34)12-5-3-2-4-6-12/h2-6,9-10,16,29,35H,7-8,11H2,1H3/t16-/m1/s1. The predicted molar refractivity (Wildman–Crippen MR) is 118 cm³/mol. The van der Waals surface area contributed by atoms with Gasteiger partial charge in [0.25, 0.3) is 0 Å². The second kappa shape index (κ2) is 8.45. The van der Waals surface area contributed by atoms with E-state index in [9.17, 15) is 27.1 Å². The molecule has 1 fully saturated rings. The zero-order valence-electron chi connectivity index (χ0n) is 18.3. The number of alkyl halides is 3. The fraction of sp³-hybridized carbons (Fsp3) is 0.261. The lowest BCUT2D eigenvalue weighted by Gasteiger charge is -2.34. The van der Waals surface area contributed by atoms with Crippen LogP contribution in [0.25, 0.3) is 22.3 Å². The number of piperazine rings is 1. The van der Waals surface area contributed by atoms with E-state index in [1.165, 1.54) is 17.9 Å². The normalized spacial score (nSPS) is 16.7. The van der Waals surface area contributed by atoms with Crippen LogP contribution in [-0.4, -0.2) is 44.5 Å². The molecule has 0 bridgehead atoms. The Hall–Kier alpha value is -3.80. The number of rotatable bonds is 3. The van der Waals surface area contributed by atoms with Crippen molar-refractivity contribution in [1.82, 2.24) is 25.1 Å². The number of hydrogen-bond donors (Lipinski definition) is 2. The second-order valence-electron chi connectivity index (χ2n) is 8.19. The Kier molecular flexibility index (Phi) is 5.55. The van der Waals surface area contributed by atoms with E-state index < -0.39 is 34.7 Å². The van der Waals surface area contributed by atoms with Gasteiger partial charge in [0, 0.05) is 44.5 Å². The van der Waals surface area contributed by atoms with Crippen LogP contribution in [0, 0.1) is 11.6 Å². The summed E-state index contributed by atoms with van der Waals surface area (Å²) in [4.78, 5) is 10.8. The molecule has 1 saturated heterocycles. The number of nitrogens with zero attached hydrogens (tertiary/aromatic N) is 5. The molecule has 0 radical (unpaired) electrons. The van der Waals surface area contributed by atoms with Crippen LogP contribution >= 0.6 is 0 Å². The summed E-state index contributed by atoms with van der Waals surface area (Å²) in [6.45, 7) is 1.88. The molecular formula is C23H19F5N6O. The van der Waals surface area contributed by atoms with Crippen LogP contribution < -0.4 is 10.2 Å². The maximum absolute atomic E-state index is 14.7. The lowest BCUT2D eigenvalue weighted by Crippen LogP contribution is -2.46. The van der Waals surface area contributed by atoms with Gasteiger partial charge < -0.3 is 15.3 Å². The van der Waals surface area contributed by atoms with Gasteiger partial charge in [-0.05, 0) is 11.6 Å². The highest BCUT2D eigenvalue weighted by Crippen LogP contribution is 2.41. The maximum Gasteiger partial charge on any atom is 0.419 e. The highest BCUT2D eigenvalue weighted by molar-refractivity contribution is 5.91. The van der Waals surface area contributed by atoms with Crippen LogP contribution in [0.2, 0.25) is 0 Å². The van der Waals surface area contributed by atoms with Crippen molar-refractivity contribution in [3.63, 3.8) is 0 Å². The molecule has 5 rings (SSSR count). The number of hydrogen-bond acceptors (Lipinski definition) is 6. The first-order chi connectivity index (χ1) is 16.6. The fourth-order valence-electron chi connectivity index (χ4n) is 4.22. The molecule has 0 saturated carbocycles. The Morgan fingerprint density at radius 2 is 1.86 bits per heavy atom.